The molecule has 0 aliphatic rings. The molecule has 0 saturated carbocycles. The van der Waals surface area contributed by atoms with Crippen LogP contribution in [0.25, 0.3) is 0 Å². The highest BCUT2D eigenvalue weighted by molar-refractivity contribution is 9.11. The molecule has 0 aromatic carbocycles. The molecule has 1 N–H and O–H groups in total. The Kier molecular flexibility index (Phi) is 6.67. The summed E-state index contributed by atoms with van der Waals surface area (Å²) in [5.74, 6) is 0.772. The summed E-state index contributed by atoms with van der Waals surface area (Å²) in [4.78, 5) is 4.49. The molecule has 0 aliphatic heterocycles. The maximum absolute atomic E-state index is 4.49. The van der Waals surface area contributed by atoms with E-state index in [0.29, 0.717) is 6.04 Å². The summed E-state index contributed by atoms with van der Waals surface area (Å²) >= 11 is 7.00. The lowest BCUT2D eigenvalue weighted by atomic mass is 10.0. The molecule has 0 fully saturated rings. The smallest absolute Gasteiger partial charge is 0.0715 e. The van der Waals surface area contributed by atoms with Crippen molar-refractivity contribution >= 4 is 31.9 Å². The standard InChI is InChI=1S/C13H20Br2N2/c1-9(2)5-4-6-12(16-3)13-11(15)7-10(14)8-17-13/h7-9,12,16H,4-6H2,1-3H3. The van der Waals surface area contributed by atoms with Crippen molar-refractivity contribution in [1.82, 2.24) is 10.3 Å². The molecule has 0 spiro atoms. The second-order valence-electron chi connectivity index (χ2n) is 4.69. The van der Waals surface area contributed by atoms with Gasteiger partial charge < -0.3 is 5.32 Å². The predicted octanol–water partition coefficient (Wildman–Crippen LogP) is 4.69. The van der Waals surface area contributed by atoms with E-state index >= 15 is 0 Å². The van der Waals surface area contributed by atoms with Gasteiger partial charge in [-0.25, -0.2) is 0 Å². The van der Waals surface area contributed by atoms with Gasteiger partial charge in [0.15, 0.2) is 0 Å². The molecule has 0 radical (unpaired) electrons. The Morgan fingerprint density at radius 3 is 2.53 bits per heavy atom. The highest BCUT2D eigenvalue weighted by Gasteiger charge is 2.14. The average Bonchev–Trinajstić information content (AvgIpc) is 2.25. The van der Waals surface area contributed by atoms with Crippen molar-refractivity contribution in [3.63, 3.8) is 0 Å². The number of nitrogens with one attached hydrogen (secondary N) is 1. The van der Waals surface area contributed by atoms with Crippen molar-refractivity contribution in [2.75, 3.05) is 7.05 Å². The summed E-state index contributed by atoms with van der Waals surface area (Å²) < 4.78 is 2.07. The number of aromatic nitrogens is 1. The Bertz CT molecular complexity index is 353. The molecular weight excluding hydrogens is 344 g/mol. The van der Waals surface area contributed by atoms with Crippen LogP contribution in [0.15, 0.2) is 21.2 Å². The summed E-state index contributed by atoms with van der Waals surface area (Å²) in [6.45, 7) is 4.53. The third-order valence-corrected chi connectivity index (χ3v) is 3.86. The van der Waals surface area contributed by atoms with E-state index in [0.717, 1.165) is 27.0 Å². The minimum Gasteiger partial charge on any atom is -0.312 e. The molecule has 17 heavy (non-hydrogen) atoms. The normalized spacial score (nSPS) is 13.1. The maximum atomic E-state index is 4.49. The van der Waals surface area contributed by atoms with Crippen molar-refractivity contribution < 1.29 is 0 Å². The number of halogens is 2. The fraction of sp³-hybridized carbons (Fsp3) is 0.615. The lowest BCUT2D eigenvalue weighted by Crippen LogP contribution is -2.18. The molecule has 2 nitrogen and oxygen atoms in total. The fourth-order valence-electron chi connectivity index (χ4n) is 1.83. The van der Waals surface area contributed by atoms with E-state index in [1.54, 1.807) is 0 Å². The first-order chi connectivity index (χ1) is 8.04. The van der Waals surface area contributed by atoms with Crippen LogP contribution in [-0.2, 0) is 0 Å². The Morgan fingerprint density at radius 2 is 2.00 bits per heavy atom. The van der Waals surface area contributed by atoms with E-state index < -0.39 is 0 Å². The quantitative estimate of drug-likeness (QED) is 0.792. The summed E-state index contributed by atoms with van der Waals surface area (Å²) in [6.07, 6.45) is 5.48. The van der Waals surface area contributed by atoms with Crippen molar-refractivity contribution in [3.8, 4) is 0 Å². The van der Waals surface area contributed by atoms with Gasteiger partial charge in [-0.3, -0.25) is 4.98 Å². The van der Waals surface area contributed by atoms with Crippen LogP contribution in [0, 0.1) is 5.92 Å². The van der Waals surface area contributed by atoms with Gasteiger partial charge in [0, 0.05) is 15.1 Å². The van der Waals surface area contributed by atoms with E-state index in [-0.39, 0.29) is 0 Å². The molecule has 0 amide bonds. The monoisotopic (exact) mass is 362 g/mol. The van der Waals surface area contributed by atoms with Gasteiger partial charge >= 0.3 is 0 Å². The van der Waals surface area contributed by atoms with Crippen molar-refractivity contribution in [2.24, 2.45) is 5.92 Å². The first kappa shape index (κ1) is 15.1. The van der Waals surface area contributed by atoms with Crippen LogP contribution in [0.3, 0.4) is 0 Å². The van der Waals surface area contributed by atoms with Crippen LogP contribution >= 0.6 is 31.9 Å². The summed E-state index contributed by atoms with van der Waals surface area (Å²) in [5.41, 5.74) is 1.10. The topological polar surface area (TPSA) is 24.9 Å². The molecule has 0 aliphatic carbocycles. The van der Waals surface area contributed by atoms with Gasteiger partial charge in [0.2, 0.25) is 0 Å². The number of pyridine rings is 1. The second-order valence-corrected chi connectivity index (χ2v) is 6.46. The first-order valence-corrected chi connectivity index (χ1v) is 7.61. The molecule has 1 heterocycles. The van der Waals surface area contributed by atoms with Crippen LogP contribution in [0.5, 0.6) is 0 Å². The second kappa shape index (κ2) is 7.49. The van der Waals surface area contributed by atoms with Gasteiger partial charge in [-0.2, -0.15) is 0 Å². The highest BCUT2D eigenvalue weighted by atomic mass is 79.9. The average molecular weight is 364 g/mol. The van der Waals surface area contributed by atoms with E-state index in [1.807, 2.05) is 13.2 Å². The molecule has 4 heteroatoms. The van der Waals surface area contributed by atoms with Crippen LogP contribution in [0.2, 0.25) is 0 Å². The van der Waals surface area contributed by atoms with Crippen LogP contribution in [0.4, 0.5) is 0 Å². The third kappa shape index (κ3) is 5.06. The molecule has 1 unspecified atom stereocenters. The van der Waals surface area contributed by atoms with Gasteiger partial charge in [0.05, 0.1) is 11.7 Å². The predicted molar refractivity (Wildman–Crippen MR) is 80.1 cm³/mol. The first-order valence-electron chi connectivity index (χ1n) is 6.02. The molecule has 96 valence electrons. The maximum Gasteiger partial charge on any atom is 0.0715 e. The molecule has 1 aromatic rings. The Hall–Kier alpha value is 0.0700. The molecule has 1 rings (SSSR count). The Balaban J connectivity index is 2.66. The number of rotatable bonds is 6. The minimum atomic E-state index is 0.330. The third-order valence-electron chi connectivity index (χ3n) is 2.79. The van der Waals surface area contributed by atoms with Crippen LogP contribution in [-0.4, -0.2) is 12.0 Å². The lowest BCUT2D eigenvalue weighted by molar-refractivity contribution is 0.463. The molecule has 1 aromatic heterocycles. The summed E-state index contributed by atoms with van der Waals surface area (Å²) in [6, 6.07) is 2.38. The molecule has 0 saturated heterocycles. The zero-order valence-electron chi connectivity index (χ0n) is 10.6. The number of hydrogen-bond acceptors (Lipinski definition) is 2. The van der Waals surface area contributed by atoms with Gasteiger partial charge in [-0.05, 0) is 57.3 Å². The molecular formula is C13H20Br2N2. The van der Waals surface area contributed by atoms with Crippen molar-refractivity contribution in [3.05, 3.63) is 26.9 Å². The fourth-order valence-corrected chi connectivity index (χ4v) is 3.09. The van der Waals surface area contributed by atoms with Gasteiger partial charge in [-0.1, -0.05) is 26.7 Å². The van der Waals surface area contributed by atoms with E-state index in [9.17, 15) is 0 Å². The largest absolute Gasteiger partial charge is 0.312 e. The molecule has 1 atom stereocenters. The van der Waals surface area contributed by atoms with Crippen molar-refractivity contribution in [1.29, 1.82) is 0 Å². The van der Waals surface area contributed by atoms with Gasteiger partial charge in [-0.15, -0.1) is 0 Å². The number of hydrogen-bond donors (Lipinski definition) is 1. The Labute approximate surface area is 121 Å². The highest BCUT2D eigenvalue weighted by Crippen LogP contribution is 2.27. The zero-order chi connectivity index (χ0) is 12.8. The van der Waals surface area contributed by atoms with Gasteiger partial charge in [0.25, 0.3) is 0 Å². The van der Waals surface area contributed by atoms with Crippen molar-refractivity contribution in [2.45, 2.75) is 39.2 Å². The summed E-state index contributed by atoms with van der Waals surface area (Å²) in [7, 11) is 2.00. The van der Waals surface area contributed by atoms with E-state index in [4.69, 9.17) is 0 Å². The number of nitrogens with zero attached hydrogens (tertiary/aromatic N) is 1. The van der Waals surface area contributed by atoms with Crippen LogP contribution < -0.4 is 5.32 Å². The van der Waals surface area contributed by atoms with E-state index in [2.05, 4.69) is 62.1 Å². The Morgan fingerprint density at radius 1 is 1.29 bits per heavy atom. The lowest BCUT2D eigenvalue weighted by Gasteiger charge is -2.17. The van der Waals surface area contributed by atoms with E-state index in [1.165, 1.54) is 12.8 Å². The zero-order valence-corrected chi connectivity index (χ0v) is 13.8. The van der Waals surface area contributed by atoms with Crippen LogP contribution in [0.1, 0.15) is 44.8 Å². The summed E-state index contributed by atoms with van der Waals surface area (Å²) in [5, 5.41) is 3.34. The SMILES string of the molecule is CNC(CCCC(C)C)c1ncc(Br)cc1Br. The van der Waals surface area contributed by atoms with Gasteiger partial charge in [0.1, 0.15) is 0 Å². The molecule has 0 bridgehead atoms. The minimum absolute atomic E-state index is 0.330.